The SMILES string of the molecule is CC1Oc2c(C(=O)Nc3ccc(S(=O)(=O)N4CCCCC4)cc3)cccc2C1C. The average molecular weight is 415 g/mol. The second-order valence-corrected chi connectivity index (χ2v) is 9.72. The van der Waals surface area contributed by atoms with E-state index in [-0.39, 0.29) is 22.8 Å². The van der Waals surface area contributed by atoms with E-state index in [1.807, 2.05) is 19.1 Å². The molecule has 0 saturated carbocycles. The third-order valence-electron chi connectivity index (χ3n) is 5.85. The average Bonchev–Trinajstić information content (AvgIpc) is 3.03. The zero-order valence-electron chi connectivity index (χ0n) is 16.7. The van der Waals surface area contributed by atoms with E-state index in [9.17, 15) is 13.2 Å². The maximum atomic E-state index is 12.8. The Hall–Kier alpha value is -2.38. The van der Waals surface area contributed by atoms with Crippen LogP contribution in [0.1, 0.15) is 54.9 Å². The monoisotopic (exact) mass is 414 g/mol. The van der Waals surface area contributed by atoms with Crippen LogP contribution in [0.2, 0.25) is 0 Å². The number of sulfonamides is 1. The predicted molar refractivity (Wildman–Crippen MR) is 112 cm³/mol. The topological polar surface area (TPSA) is 75.7 Å². The molecule has 2 aliphatic heterocycles. The zero-order valence-corrected chi connectivity index (χ0v) is 17.5. The van der Waals surface area contributed by atoms with Crippen molar-refractivity contribution in [2.45, 2.75) is 50.0 Å². The van der Waals surface area contributed by atoms with Gasteiger partial charge in [0.1, 0.15) is 11.9 Å². The molecule has 0 spiro atoms. The highest BCUT2D eigenvalue weighted by Crippen LogP contribution is 2.40. The van der Waals surface area contributed by atoms with Crippen LogP contribution in [-0.2, 0) is 10.0 Å². The second-order valence-electron chi connectivity index (χ2n) is 7.78. The molecule has 2 atom stereocenters. The molecule has 0 radical (unpaired) electrons. The van der Waals surface area contributed by atoms with Crippen molar-refractivity contribution in [3.8, 4) is 5.75 Å². The Morgan fingerprint density at radius 3 is 2.41 bits per heavy atom. The van der Waals surface area contributed by atoms with Crippen molar-refractivity contribution in [1.82, 2.24) is 4.31 Å². The number of benzene rings is 2. The van der Waals surface area contributed by atoms with Crippen molar-refractivity contribution < 1.29 is 17.9 Å². The van der Waals surface area contributed by atoms with Crippen LogP contribution in [0.5, 0.6) is 5.75 Å². The predicted octanol–water partition coefficient (Wildman–Crippen LogP) is 4.00. The number of para-hydroxylation sites is 1. The van der Waals surface area contributed by atoms with Gasteiger partial charge < -0.3 is 10.1 Å². The number of fused-ring (bicyclic) bond motifs is 1. The van der Waals surface area contributed by atoms with Crippen LogP contribution in [0.15, 0.2) is 47.4 Å². The molecule has 2 aromatic carbocycles. The number of anilines is 1. The third-order valence-corrected chi connectivity index (χ3v) is 7.77. The highest BCUT2D eigenvalue weighted by molar-refractivity contribution is 7.89. The minimum absolute atomic E-state index is 0.0261. The fourth-order valence-corrected chi connectivity index (χ4v) is 5.44. The first-order valence-corrected chi connectivity index (χ1v) is 11.5. The second kappa shape index (κ2) is 7.80. The summed E-state index contributed by atoms with van der Waals surface area (Å²) in [6.07, 6.45) is 2.89. The number of nitrogens with one attached hydrogen (secondary N) is 1. The van der Waals surface area contributed by atoms with Gasteiger partial charge in [0.25, 0.3) is 5.91 Å². The Labute approximate surface area is 171 Å². The quantitative estimate of drug-likeness (QED) is 0.821. The van der Waals surface area contributed by atoms with Gasteiger partial charge in [0.15, 0.2) is 0 Å². The molecule has 1 N–H and O–H groups in total. The molecule has 1 saturated heterocycles. The fourth-order valence-electron chi connectivity index (χ4n) is 3.93. The molecule has 2 heterocycles. The molecule has 2 aliphatic rings. The number of rotatable bonds is 4. The van der Waals surface area contributed by atoms with E-state index in [1.165, 1.54) is 4.31 Å². The fraction of sp³-hybridized carbons (Fsp3) is 0.409. The summed E-state index contributed by atoms with van der Waals surface area (Å²) in [6, 6.07) is 12.0. The molecule has 7 heteroatoms. The lowest BCUT2D eigenvalue weighted by molar-refractivity contribution is 0.102. The van der Waals surface area contributed by atoms with Crippen LogP contribution < -0.4 is 10.1 Å². The number of carbonyl (C=O) groups is 1. The van der Waals surface area contributed by atoms with Gasteiger partial charge in [0, 0.05) is 30.3 Å². The van der Waals surface area contributed by atoms with Crippen molar-refractivity contribution in [3.63, 3.8) is 0 Å². The van der Waals surface area contributed by atoms with Gasteiger partial charge in [0.05, 0.1) is 10.5 Å². The largest absolute Gasteiger partial charge is 0.489 e. The third kappa shape index (κ3) is 3.76. The first-order valence-electron chi connectivity index (χ1n) is 10.1. The minimum Gasteiger partial charge on any atom is -0.489 e. The van der Waals surface area contributed by atoms with Gasteiger partial charge in [-0.1, -0.05) is 25.5 Å². The molecule has 2 unspecified atom stereocenters. The Kier molecular flexibility index (Phi) is 5.36. The number of carbonyl (C=O) groups excluding carboxylic acids is 1. The van der Waals surface area contributed by atoms with Gasteiger partial charge in [-0.15, -0.1) is 0 Å². The number of piperidine rings is 1. The van der Waals surface area contributed by atoms with Crippen molar-refractivity contribution in [2.75, 3.05) is 18.4 Å². The van der Waals surface area contributed by atoms with Crippen LogP contribution in [0.4, 0.5) is 5.69 Å². The summed E-state index contributed by atoms with van der Waals surface area (Å²) in [5, 5.41) is 2.85. The lowest BCUT2D eigenvalue weighted by atomic mass is 9.97. The number of amides is 1. The normalized spacial score (nSPS) is 22.0. The van der Waals surface area contributed by atoms with E-state index < -0.39 is 10.0 Å². The van der Waals surface area contributed by atoms with Crippen LogP contribution in [0.25, 0.3) is 0 Å². The molecule has 4 rings (SSSR count). The van der Waals surface area contributed by atoms with E-state index >= 15 is 0 Å². The van der Waals surface area contributed by atoms with Gasteiger partial charge in [-0.05, 0) is 50.1 Å². The standard InChI is InChI=1S/C22H26N2O4S/c1-15-16(2)28-21-19(15)7-6-8-20(21)22(25)23-17-9-11-18(12-10-17)29(26,27)24-13-4-3-5-14-24/h6-12,15-16H,3-5,13-14H2,1-2H3,(H,23,25). The van der Waals surface area contributed by atoms with Gasteiger partial charge in [-0.2, -0.15) is 4.31 Å². The Balaban J connectivity index is 1.51. The van der Waals surface area contributed by atoms with E-state index in [4.69, 9.17) is 4.74 Å². The van der Waals surface area contributed by atoms with Crippen LogP contribution in [0.3, 0.4) is 0 Å². The summed E-state index contributed by atoms with van der Waals surface area (Å²) in [5.41, 5.74) is 2.07. The summed E-state index contributed by atoms with van der Waals surface area (Å²) >= 11 is 0. The first kappa shape index (κ1) is 19.9. The molecule has 6 nitrogen and oxygen atoms in total. The van der Waals surface area contributed by atoms with Crippen molar-refractivity contribution in [1.29, 1.82) is 0 Å². The lowest BCUT2D eigenvalue weighted by Gasteiger charge is -2.25. The van der Waals surface area contributed by atoms with Crippen molar-refractivity contribution in [3.05, 3.63) is 53.6 Å². The Bertz CT molecular complexity index is 1010. The molecule has 0 bridgehead atoms. The number of hydrogen-bond donors (Lipinski definition) is 1. The van der Waals surface area contributed by atoms with Gasteiger partial charge in [0.2, 0.25) is 10.0 Å². The molecule has 0 aromatic heterocycles. The first-order chi connectivity index (χ1) is 13.9. The highest BCUT2D eigenvalue weighted by atomic mass is 32.2. The molecule has 2 aromatic rings. The highest BCUT2D eigenvalue weighted by Gasteiger charge is 2.31. The molecule has 1 fully saturated rings. The summed E-state index contributed by atoms with van der Waals surface area (Å²) < 4.78 is 32.9. The molecule has 1 amide bonds. The maximum Gasteiger partial charge on any atom is 0.259 e. The molecule has 0 aliphatic carbocycles. The van der Waals surface area contributed by atoms with Crippen molar-refractivity contribution in [2.24, 2.45) is 0 Å². The van der Waals surface area contributed by atoms with Gasteiger partial charge in [-0.3, -0.25) is 4.79 Å². The number of nitrogens with zero attached hydrogens (tertiary/aromatic N) is 1. The smallest absolute Gasteiger partial charge is 0.259 e. The zero-order chi connectivity index (χ0) is 20.6. The van der Waals surface area contributed by atoms with Crippen molar-refractivity contribution >= 4 is 21.6 Å². The molecular formula is C22H26N2O4S. The number of hydrogen-bond acceptors (Lipinski definition) is 4. The van der Waals surface area contributed by atoms with E-state index in [0.717, 1.165) is 24.8 Å². The summed E-state index contributed by atoms with van der Waals surface area (Å²) in [5.74, 6) is 0.598. The van der Waals surface area contributed by atoms with Crippen LogP contribution in [-0.4, -0.2) is 37.8 Å². The number of ether oxygens (including phenoxy) is 1. The summed E-state index contributed by atoms with van der Waals surface area (Å²) in [4.78, 5) is 13.1. The summed E-state index contributed by atoms with van der Waals surface area (Å²) in [6.45, 7) is 5.21. The minimum atomic E-state index is -3.48. The van der Waals surface area contributed by atoms with Crippen LogP contribution in [0, 0.1) is 0 Å². The Morgan fingerprint density at radius 1 is 1.03 bits per heavy atom. The van der Waals surface area contributed by atoms with Gasteiger partial charge >= 0.3 is 0 Å². The maximum absolute atomic E-state index is 12.8. The van der Waals surface area contributed by atoms with Gasteiger partial charge in [-0.25, -0.2) is 8.42 Å². The molecule has 29 heavy (non-hydrogen) atoms. The van der Waals surface area contributed by atoms with E-state index in [0.29, 0.717) is 30.1 Å². The molecular weight excluding hydrogens is 388 g/mol. The Morgan fingerprint density at radius 2 is 1.72 bits per heavy atom. The van der Waals surface area contributed by atoms with Crippen LogP contribution >= 0.6 is 0 Å². The lowest BCUT2D eigenvalue weighted by Crippen LogP contribution is -2.35. The molecule has 154 valence electrons. The van der Waals surface area contributed by atoms with E-state index in [2.05, 4.69) is 12.2 Å². The van der Waals surface area contributed by atoms with E-state index in [1.54, 1.807) is 30.3 Å². The summed E-state index contributed by atoms with van der Waals surface area (Å²) in [7, 11) is -3.48.